The highest BCUT2D eigenvalue weighted by atomic mass is 32.2. The van der Waals surface area contributed by atoms with Gasteiger partial charge in [0.15, 0.2) is 0 Å². The Labute approximate surface area is 101 Å². The van der Waals surface area contributed by atoms with Gasteiger partial charge in [-0.15, -0.1) is 0 Å². The molecule has 0 saturated carbocycles. The summed E-state index contributed by atoms with van der Waals surface area (Å²) in [5.74, 6) is -0.300. The summed E-state index contributed by atoms with van der Waals surface area (Å²) in [6, 6.07) is 6.04. The zero-order valence-corrected chi connectivity index (χ0v) is 10.4. The van der Waals surface area contributed by atoms with Crippen LogP contribution in [-0.2, 0) is 14.8 Å². The monoisotopic (exact) mass is 254 g/mol. The number of nitrogens with one attached hydrogen (secondary N) is 2. The fourth-order valence-corrected chi connectivity index (χ4v) is 1.97. The molecule has 1 aromatic carbocycles. The molecule has 17 heavy (non-hydrogen) atoms. The molecule has 0 aromatic heterocycles. The second-order valence-electron chi connectivity index (χ2n) is 3.22. The Morgan fingerprint density at radius 3 is 2.65 bits per heavy atom. The number of amides is 1. The Morgan fingerprint density at radius 1 is 1.35 bits per heavy atom. The van der Waals surface area contributed by atoms with Crippen molar-refractivity contribution in [3.63, 3.8) is 0 Å². The quantitative estimate of drug-likeness (QED) is 0.790. The van der Waals surface area contributed by atoms with E-state index >= 15 is 0 Å². The van der Waals surface area contributed by atoms with Crippen molar-refractivity contribution in [2.45, 2.75) is 11.8 Å². The maximum absolute atomic E-state index is 11.5. The van der Waals surface area contributed by atoms with Gasteiger partial charge in [-0.1, -0.05) is 12.1 Å². The number of anilines is 1. The summed E-state index contributed by atoms with van der Waals surface area (Å²) in [7, 11) is -2.15. The molecule has 2 N–H and O–H groups in total. The molecular formula is C11H14N2O3S. The van der Waals surface area contributed by atoms with E-state index in [0.29, 0.717) is 5.69 Å². The Bertz CT molecular complexity index is 535. The van der Waals surface area contributed by atoms with Crippen LogP contribution in [-0.4, -0.2) is 21.4 Å². The van der Waals surface area contributed by atoms with Gasteiger partial charge in [0.05, 0.1) is 4.90 Å². The van der Waals surface area contributed by atoms with E-state index in [2.05, 4.69) is 10.0 Å². The van der Waals surface area contributed by atoms with Gasteiger partial charge in [-0.05, 0) is 38.2 Å². The summed E-state index contributed by atoms with van der Waals surface area (Å²) in [4.78, 5) is 11.4. The fraction of sp³-hybridized carbons (Fsp3) is 0.182. The molecule has 1 aromatic rings. The van der Waals surface area contributed by atoms with Gasteiger partial charge in [0, 0.05) is 5.69 Å². The highest BCUT2D eigenvalue weighted by molar-refractivity contribution is 7.89. The van der Waals surface area contributed by atoms with Crippen LogP contribution in [0.1, 0.15) is 6.92 Å². The number of hydrogen-bond acceptors (Lipinski definition) is 3. The summed E-state index contributed by atoms with van der Waals surface area (Å²) in [6.45, 7) is 1.72. The van der Waals surface area contributed by atoms with Gasteiger partial charge in [-0.2, -0.15) is 0 Å². The molecule has 0 aliphatic rings. The van der Waals surface area contributed by atoms with E-state index in [0.717, 1.165) is 0 Å². The molecule has 0 heterocycles. The minimum absolute atomic E-state index is 0.110. The van der Waals surface area contributed by atoms with E-state index in [9.17, 15) is 13.2 Å². The van der Waals surface area contributed by atoms with Gasteiger partial charge in [-0.25, -0.2) is 13.1 Å². The second-order valence-corrected chi connectivity index (χ2v) is 5.11. The van der Waals surface area contributed by atoms with Crippen LogP contribution < -0.4 is 10.0 Å². The lowest BCUT2D eigenvalue weighted by Gasteiger charge is -2.06. The van der Waals surface area contributed by atoms with Gasteiger partial charge in [0.2, 0.25) is 15.9 Å². The van der Waals surface area contributed by atoms with E-state index in [1.807, 2.05) is 0 Å². The van der Waals surface area contributed by atoms with Gasteiger partial charge < -0.3 is 5.32 Å². The number of rotatable bonds is 4. The lowest BCUT2D eigenvalue weighted by molar-refractivity contribution is -0.111. The fourth-order valence-electron chi connectivity index (χ4n) is 1.19. The van der Waals surface area contributed by atoms with E-state index in [-0.39, 0.29) is 10.8 Å². The molecule has 6 heteroatoms. The maximum atomic E-state index is 11.5. The SMILES string of the molecule is CC=CC(=O)Nc1cccc(S(=O)(=O)NC)c1. The standard InChI is InChI=1S/C11H14N2O3S/c1-3-5-11(14)13-9-6-4-7-10(8-9)17(15,16)12-2/h3-8,12H,1-2H3,(H,13,14). The van der Waals surface area contributed by atoms with E-state index in [1.165, 1.54) is 25.3 Å². The zero-order chi connectivity index (χ0) is 12.9. The number of benzene rings is 1. The Hall–Kier alpha value is -1.66. The molecule has 0 bridgehead atoms. The minimum Gasteiger partial charge on any atom is -0.322 e. The van der Waals surface area contributed by atoms with Gasteiger partial charge in [0.1, 0.15) is 0 Å². The predicted molar refractivity (Wildman–Crippen MR) is 66.1 cm³/mol. The van der Waals surface area contributed by atoms with Crippen LogP contribution in [0.3, 0.4) is 0 Å². The molecule has 0 atom stereocenters. The van der Waals surface area contributed by atoms with E-state index < -0.39 is 10.0 Å². The van der Waals surface area contributed by atoms with Crippen LogP contribution in [0.25, 0.3) is 0 Å². The van der Waals surface area contributed by atoms with Gasteiger partial charge >= 0.3 is 0 Å². The van der Waals surface area contributed by atoms with Gasteiger partial charge in [0.25, 0.3) is 0 Å². The van der Waals surface area contributed by atoms with Crippen molar-refractivity contribution >= 4 is 21.6 Å². The van der Waals surface area contributed by atoms with Gasteiger partial charge in [-0.3, -0.25) is 4.79 Å². The number of allylic oxidation sites excluding steroid dienone is 1. The van der Waals surface area contributed by atoms with Crippen LogP contribution in [0, 0.1) is 0 Å². The number of carbonyl (C=O) groups is 1. The lowest BCUT2D eigenvalue weighted by Crippen LogP contribution is -2.18. The summed E-state index contributed by atoms with van der Waals surface area (Å²) in [5.41, 5.74) is 0.435. The molecule has 0 fully saturated rings. The Balaban J connectivity index is 2.98. The average Bonchev–Trinajstić information content (AvgIpc) is 2.29. The third kappa shape index (κ3) is 3.69. The summed E-state index contributed by atoms with van der Waals surface area (Å²) in [6.07, 6.45) is 2.96. The first-order valence-electron chi connectivity index (χ1n) is 4.97. The molecule has 0 aliphatic carbocycles. The van der Waals surface area contributed by atoms with Crippen LogP contribution in [0.2, 0.25) is 0 Å². The van der Waals surface area contributed by atoms with Crippen molar-refractivity contribution < 1.29 is 13.2 Å². The van der Waals surface area contributed by atoms with Crippen LogP contribution in [0.4, 0.5) is 5.69 Å². The lowest BCUT2D eigenvalue weighted by atomic mass is 10.3. The largest absolute Gasteiger partial charge is 0.322 e. The Morgan fingerprint density at radius 2 is 2.06 bits per heavy atom. The first-order valence-corrected chi connectivity index (χ1v) is 6.45. The molecule has 0 unspecified atom stereocenters. The molecule has 0 aliphatic heterocycles. The van der Waals surface area contributed by atoms with Crippen LogP contribution in [0.5, 0.6) is 0 Å². The first-order chi connectivity index (χ1) is 7.99. The number of hydrogen-bond donors (Lipinski definition) is 2. The first kappa shape index (κ1) is 13.4. The second kappa shape index (κ2) is 5.60. The minimum atomic E-state index is -3.49. The van der Waals surface area contributed by atoms with Crippen molar-refractivity contribution in [2.24, 2.45) is 0 Å². The molecule has 5 nitrogen and oxygen atoms in total. The van der Waals surface area contributed by atoms with E-state index in [4.69, 9.17) is 0 Å². The summed E-state index contributed by atoms with van der Waals surface area (Å²) < 4.78 is 25.3. The smallest absolute Gasteiger partial charge is 0.248 e. The molecule has 1 rings (SSSR count). The molecule has 92 valence electrons. The molecule has 1 amide bonds. The zero-order valence-electron chi connectivity index (χ0n) is 9.60. The van der Waals surface area contributed by atoms with Crippen molar-refractivity contribution in [1.29, 1.82) is 0 Å². The Kier molecular flexibility index (Phi) is 4.42. The maximum Gasteiger partial charge on any atom is 0.248 e. The highest BCUT2D eigenvalue weighted by Crippen LogP contribution is 2.14. The average molecular weight is 254 g/mol. The third-order valence-corrected chi connectivity index (χ3v) is 3.41. The van der Waals surface area contributed by atoms with Crippen molar-refractivity contribution in [3.8, 4) is 0 Å². The van der Waals surface area contributed by atoms with E-state index in [1.54, 1.807) is 25.1 Å². The normalized spacial score (nSPS) is 11.6. The molecule has 0 radical (unpaired) electrons. The predicted octanol–water partition coefficient (Wildman–Crippen LogP) is 1.11. The van der Waals surface area contributed by atoms with Crippen LogP contribution in [0.15, 0.2) is 41.3 Å². The summed E-state index contributed by atoms with van der Waals surface area (Å²) in [5, 5.41) is 2.56. The van der Waals surface area contributed by atoms with Crippen molar-refractivity contribution in [1.82, 2.24) is 4.72 Å². The molecule has 0 saturated heterocycles. The van der Waals surface area contributed by atoms with Crippen molar-refractivity contribution in [2.75, 3.05) is 12.4 Å². The number of carbonyl (C=O) groups excluding carboxylic acids is 1. The molecular weight excluding hydrogens is 240 g/mol. The highest BCUT2D eigenvalue weighted by Gasteiger charge is 2.11. The van der Waals surface area contributed by atoms with Crippen LogP contribution >= 0.6 is 0 Å². The third-order valence-electron chi connectivity index (χ3n) is 2.00. The topological polar surface area (TPSA) is 75.3 Å². The summed E-state index contributed by atoms with van der Waals surface area (Å²) >= 11 is 0. The number of sulfonamides is 1. The molecule has 0 spiro atoms. The van der Waals surface area contributed by atoms with Crippen molar-refractivity contribution in [3.05, 3.63) is 36.4 Å².